The van der Waals surface area contributed by atoms with Crippen LogP contribution in [0.25, 0.3) is 11.1 Å². The van der Waals surface area contributed by atoms with Gasteiger partial charge >= 0.3 is 0 Å². The summed E-state index contributed by atoms with van der Waals surface area (Å²) in [5.41, 5.74) is 1.55. The SMILES string of the molecule is COc1c(F)cc(-c2ccc(C(=O)N(C)C3CCOCC3)cc2)cc1F. The number of rotatable bonds is 4. The molecule has 1 fully saturated rings. The zero-order valence-corrected chi connectivity index (χ0v) is 14.8. The lowest BCUT2D eigenvalue weighted by Crippen LogP contribution is -2.40. The second kappa shape index (κ2) is 7.83. The van der Waals surface area contributed by atoms with Crippen LogP contribution in [0, 0.1) is 11.6 Å². The van der Waals surface area contributed by atoms with Crippen molar-refractivity contribution in [3.8, 4) is 16.9 Å². The van der Waals surface area contributed by atoms with Crippen molar-refractivity contribution in [1.82, 2.24) is 4.90 Å². The molecule has 0 bridgehead atoms. The number of methoxy groups -OCH3 is 1. The third-order valence-electron chi connectivity index (χ3n) is 4.73. The van der Waals surface area contributed by atoms with Gasteiger partial charge in [-0.05, 0) is 48.2 Å². The number of halogens is 2. The molecule has 138 valence electrons. The van der Waals surface area contributed by atoms with Crippen LogP contribution >= 0.6 is 0 Å². The van der Waals surface area contributed by atoms with E-state index < -0.39 is 17.4 Å². The summed E-state index contributed by atoms with van der Waals surface area (Å²) >= 11 is 0. The molecule has 26 heavy (non-hydrogen) atoms. The maximum atomic E-state index is 13.9. The summed E-state index contributed by atoms with van der Waals surface area (Å²) < 4.78 is 37.8. The Bertz CT molecular complexity index is 763. The first-order valence-corrected chi connectivity index (χ1v) is 8.49. The number of hydrogen-bond donors (Lipinski definition) is 0. The van der Waals surface area contributed by atoms with Crippen LogP contribution in [0.2, 0.25) is 0 Å². The highest BCUT2D eigenvalue weighted by Gasteiger charge is 2.23. The highest BCUT2D eigenvalue weighted by Crippen LogP contribution is 2.29. The number of carbonyl (C=O) groups is 1. The van der Waals surface area contributed by atoms with Gasteiger partial charge in [0.25, 0.3) is 5.91 Å². The molecule has 1 aliphatic heterocycles. The number of amides is 1. The topological polar surface area (TPSA) is 38.8 Å². The summed E-state index contributed by atoms with van der Waals surface area (Å²) in [7, 11) is 3.01. The molecule has 0 unspecified atom stereocenters. The Hall–Kier alpha value is -2.47. The minimum atomic E-state index is -0.762. The Labute approximate surface area is 151 Å². The van der Waals surface area contributed by atoms with Gasteiger partial charge in [0.15, 0.2) is 17.4 Å². The molecule has 0 aliphatic carbocycles. The van der Waals surface area contributed by atoms with Crippen LogP contribution in [-0.4, -0.2) is 44.2 Å². The molecule has 0 saturated carbocycles. The van der Waals surface area contributed by atoms with E-state index in [9.17, 15) is 13.6 Å². The monoisotopic (exact) mass is 361 g/mol. The molecule has 0 aromatic heterocycles. The Balaban J connectivity index is 1.79. The van der Waals surface area contributed by atoms with Gasteiger partial charge in [-0.3, -0.25) is 4.79 Å². The van der Waals surface area contributed by atoms with Crippen LogP contribution in [0.3, 0.4) is 0 Å². The average molecular weight is 361 g/mol. The molecule has 0 spiro atoms. The third kappa shape index (κ3) is 3.70. The fourth-order valence-corrected chi connectivity index (χ4v) is 3.17. The quantitative estimate of drug-likeness (QED) is 0.829. The number of benzene rings is 2. The molecule has 1 heterocycles. The van der Waals surface area contributed by atoms with Crippen molar-refractivity contribution < 1.29 is 23.0 Å². The van der Waals surface area contributed by atoms with Crippen LogP contribution in [0.5, 0.6) is 5.75 Å². The van der Waals surface area contributed by atoms with Crippen LogP contribution in [-0.2, 0) is 4.74 Å². The second-order valence-corrected chi connectivity index (χ2v) is 6.31. The van der Waals surface area contributed by atoms with E-state index in [1.807, 2.05) is 0 Å². The van der Waals surface area contributed by atoms with Gasteiger partial charge in [-0.2, -0.15) is 0 Å². The summed E-state index contributed by atoms with van der Waals surface area (Å²) in [6.45, 7) is 1.33. The van der Waals surface area contributed by atoms with Crippen LogP contribution in [0.1, 0.15) is 23.2 Å². The van der Waals surface area contributed by atoms with E-state index in [4.69, 9.17) is 9.47 Å². The van der Waals surface area contributed by atoms with Crippen LogP contribution in [0.4, 0.5) is 8.78 Å². The molecule has 2 aromatic rings. The van der Waals surface area contributed by atoms with Crippen molar-refractivity contribution in [3.05, 3.63) is 53.6 Å². The van der Waals surface area contributed by atoms with Crippen molar-refractivity contribution in [3.63, 3.8) is 0 Å². The number of hydrogen-bond acceptors (Lipinski definition) is 3. The lowest BCUT2D eigenvalue weighted by atomic mass is 10.0. The fourth-order valence-electron chi connectivity index (χ4n) is 3.17. The highest BCUT2D eigenvalue weighted by molar-refractivity contribution is 5.94. The van der Waals surface area contributed by atoms with E-state index >= 15 is 0 Å². The standard InChI is InChI=1S/C20H21F2NO3/c1-23(16-7-9-26-10-8-16)20(24)14-5-3-13(4-6-14)15-11-17(21)19(25-2)18(22)12-15/h3-6,11-12,16H,7-10H2,1-2H3. The Morgan fingerprint density at radius 1 is 1.08 bits per heavy atom. The summed E-state index contributed by atoms with van der Waals surface area (Å²) in [6, 6.07) is 9.32. The molecule has 1 saturated heterocycles. The molecular formula is C20H21F2NO3. The number of ether oxygens (including phenoxy) is 2. The Morgan fingerprint density at radius 2 is 1.65 bits per heavy atom. The second-order valence-electron chi connectivity index (χ2n) is 6.31. The van der Waals surface area contributed by atoms with E-state index in [-0.39, 0.29) is 11.9 Å². The third-order valence-corrected chi connectivity index (χ3v) is 4.73. The summed E-state index contributed by atoms with van der Waals surface area (Å²) in [5, 5.41) is 0. The van der Waals surface area contributed by atoms with Crippen molar-refractivity contribution in [2.45, 2.75) is 18.9 Å². The summed E-state index contributed by atoms with van der Waals surface area (Å²) in [5.74, 6) is -2.00. The lowest BCUT2D eigenvalue weighted by Gasteiger charge is -2.31. The largest absolute Gasteiger partial charge is 0.491 e. The lowest BCUT2D eigenvalue weighted by molar-refractivity contribution is 0.0362. The number of nitrogens with zero attached hydrogens (tertiary/aromatic N) is 1. The van der Waals surface area contributed by atoms with Crippen molar-refractivity contribution in [2.24, 2.45) is 0 Å². The van der Waals surface area contributed by atoms with Gasteiger partial charge in [-0.1, -0.05) is 12.1 Å². The highest BCUT2D eigenvalue weighted by atomic mass is 19.1. The van der Waals surface area contributed by atoms with Gasteiger partial charge in [0.2, 0.25) is 0 Å². The molecule has 0 N–H and O–H groups in total. The average Bonchev–Trinajstić information content (AvgIpc) is 2.67. The molecule has 1 aliphatic rings. The van der Waals surface area contributed by atoms with Crippen molar-refractivity contribution >= 4 is 5.91 Å². The van der Waals surface area contributed by atoms with E-state index in [1.54, 1.807) is 36.2 Å². The van der Waals surface area contributed by atoms with Crippen molar-refractivity contribution in [1.29, 1.82) is 0 Å². The summed E-state index contributed by atoms with van der Waals surface area (Å²) in [4.78, 5) is 14.4. The van der Waals surface area contributed by atoms with E-state index in [0.717, 1.165) is 12.8 Å². The van der Waals surface area contributed by atoms with E-state index in [1.165, 1.54) is 19.2 Å². The molecular weight excluding hydrogens is 340 g/mol. The minimum absolute atomic E-state index is 0.0736. The molecule has 1 amide bonds. The van der Waals surface area contributed by atoms with E-state index in [0.29, 0.717) is 29.9 Å². The molecule has 2 aromatic carbocycles. The maximum absolute atomic E-state index is 13.9. The Morgan fingerprint density at radius 3 is 2.19 bits per heavy atom. The van der Waals surface area contributed by atoms with Crippen LogP contribution in [0.15, 0.2) is 36.4 Å². The first kappa shape index (κ1) is 18.3. The predicted octanol–water partition coefficient (Wildman–Crippen LogP) is 3.89. The zero-order valence-electron chi connectivity index (χ0n) is 14.8. The summed E-state index contributed by atoms with van der Waals surface area (Å²) in [6.07, 6.45) is 1.65. The minimum Gasteiger partial charge on any atom is -0.491 e. The van der Waals surface area contributed by atoms with Gasteiger partial charge in [0, 0.05) is 31.9 Å². The molecule has 4 nitrogen and oxygen atoms in total. The smallest absolute Gasteiger partial charge is 0.253 e. The number of carbonyl (C=O) groups excluding carboxylic acids is 1. The zero-order chi connectivity index (χ0) is 18.7. The Kier molecular flexibility index (Phi) is 5.52. The molecule has 0 radical (unpaired) electrons. The predicted molar refractivity (Wildman–Crippen MR) is 94.3 cm³/mol. The first-order chi connectivity index (χ1) is 12.5. The maximum Gasteiger partial charge on any atom is 0.253 e. The van der Waals surface area contributed by atoms with Gasteiger partial charge < -0.3 is 14.4 Å². The first-order valence-electron chi connectivity index (χ1n) is 8.49. The fraction of sp³-hybridized carbons (Fsp3) is 0.350. The van der Waals surface area contributed by atoms with Crippen molar-refractivity contribution in [2.75, 3.05) is 27.4 Å². The molecule has 6 heteroatoms. The normalized spacial score (nSPS) is 14.9. The molecule has 0 atom stereocenters. The van der Waals surface area contributed by atoms with E-state index in [2.05, 4.69) is 0 Å². The van der Waals surface area contributed by atoms with Gasteiger partial charge in [0.1, 0.15) is 0 Å². The van der Waals surface area contributed by atoms with Gasteiger partial charge in [-0.25, -0.2) is 8.78 Å². The van der Waals surface area contributed by atoms with Crippen LogP contribution < -0.4 is 4.74 Å². The molecule has 3 rings (SSSR count). The van der Waals surface area contributed by atoms with Gasteiger partial charge in [0.05, 0.1) is 7.11 Å². The van der Waals surface area contributed by atoms with Gasteiger partial charge in [-0.15, -0.1) is 0 Å².